The third-order valence-corrected chi connectivity index (χ3v) is 6.00. The zero-order valence-corrected chi connectivity index (χ0v) is 17.3. The highest BCUT2D eigenvalue weighted by atomic mass is 16.5. The van der Waals surface area contributed by atoms with Gasteiger partial charge < -0.3 is 4.74 Å². The van der Waals surface area contributed by atoms with Crippen LogP contribution < -0.4 is 0 Å². The summed E-state index contributed by atoms with van der Waals surface area (Å²) in [7, 11) is 0. The Bertz CT molecular complexity index is 731. The van der Waals surface area contributed by atoms with Gasteiger partial charge in [0.15, 0.2) is 0 Å². The molecule has 0 N–H and O–H groups in total. The summed E-state index contributed by atoms with van der Waals surface area (Å²) in [6.45, 7) is 7.04. The molecule has 1 nitrogen and oxygen atoms in total. The molecule has 0 unspecified atom stereocenters. The minimum atomic E-state index is 0.598. The fourth-order valence-corrected chi connectivity index (χ4v) is 4.28. The molecular formula is C27H34O. The Balaban J connectivity index is 1.53. The molecule has 148 valence electrons. The molecule has 2 aromatic carbocycles. The molecule has 0 aromatic heterocycles. The van der Waals surface area contributed by atoms with Crippen LogP contribution in [-0.2, 0) is 11.3 Å². The molecule has 1 saturated carbocycles. The minimum Gasteiger partial charge on any atom is -0.373 e. The lowest BCUT2D eigenvalue weighted by molar-refractivity contribution is 0.149. The zero-order chi connectivity index (χ0) is 19.6. The van der Waals surface area contributed by atoms with Crippen molar-refractivity contribution < 1.29 is 4.74 Å². The average molecular weight is 375 g/mol. The highest BCUT2D eigenvalue weighted by Crippen LogP contribution is 2.38. The topological polar surface area (TPSA) is 9.23 Å². The molecule has 0 saturated heterocycles. The Hall–Kier alpha value is -2.12. The summed E-state index contributed by atoms with van der Waals surface area (Å²) >= 11 is 0. The van der Waals surface area contributed by atoms with Crippen LogP contribution in [0.15, 0.2) is 73.3 Å². The van der Waals surface area contributed by atoms with Crippen molar-refractivity contribution in [3.8, 4) is 11.1 Å². The molecule has 0 bridgehead atoms. The quantitative estimate of drug-likeness (QED) is 0.323. The molecule has 3 rings (SSSR count). The largest absolute Gasteiger partial charge is 0.373 e. The van der Waals surface area contributed by atoms with Gasteiger partial charge in [0.2, 0.25) is 0 Å². The van der Waals surface area contributed by atoms with Gasteiger partial charge in [-0.1, -0.05) is 66.8 Å². The van der Waals surface area contributed by atoms with Crippen molar-refractivity contribution in [1.82, 2.24) is 0 Å². The summed E-state index contributed by atoms with van der Waals surface area (Å²) in [5.74, 6) is 1.68. The van der Waals surface area contributed by atoms with Crippen LogP contribution in [0.1, 0.15) is 62.5 Å². The van der Waals surface area contributed by atoms with E-state index in [1.807, 2.05) is 0 Å². The predicted octanol–water partition coefficient (Wildman–Crippen LogP) is 7.69. The maximum Gasteiger partial charge on any atom is 0.0721 e. The zero-order valence-electron chi connectivity index (χ0n) is 17.3. The van der Waals surface area contributed by atoms with Gasteiger partial charge in [-0.3, -0.25) is 0 Å². The maximum atomic E-state index is 5.51. The highest BCUT2D eigenvalue weighted by Gasteiger charge is 2.21. The standard InChI is InChI=1S/C27H34O/c1-3-5-6-7-22-8-12-24(13-9-22)26-16-18-27(19-17-26)25-14-10-23(11-15-25)21-28-20-4-2/h3-5,10-11,14-19,22,24H,2,6-9,12-13,20-21H2,1H3/b5-3+/t22-,24-. The van der Waals surface area contributed by atoms with Crippen LogP contribution in [0.25, 0.3) is 11.1 Å². The van der Waals surface area contributed by atoms with Gasteiger partial charge in [-0.25, -0.2) is 0 Å². The predicted molar refractivity (Wildman–Crippen MR) is 120 cm³/mol. The van der Waals surface area contributed by atoms with Gasteiger partial charge in [0.1, 0.15) is 0 Å². The van der Waals surface area contributed by atoms with Crippen LogP contribution in [0, 0.1) is 5.92 Å². The van der Waals surface area contributed by atoms with Gasteiger partial charge in [0.05, 0.1) is 13.2 Å². The Morgan fingerprint density at radius 1 is 0.929 bits per heavy atom. The first-order valence-corrected chi connectivity index (χ1v) is 10.8. The van der Waals surface area contributed by atoms with Crippen molar-refractivity contribution in [3.63, 3.8) is 0 Å². The van der Waals surface area contributed by atoms with Crippen molar-refractivity contribution in [2.75, 3.05) is 6.61 Å². The van der Waals surface area contributed by atoms with Crippen molar-refractivity contribution >= 4 is 0 Å². The van der Waals surface area contributed by atoms with E-state index in [1.165, 1.54) is 60.8 Å². The molecule has 1 fully saturated rings. The molecular weight excluding hydrogens is 340 g/mol. The third-order valence-electron chi connectivity index (χ3n) is 6.00. The molecule has 1 aliphatic carbocycles. The Kier molecular flexibility index (Phi) is 8.11. The van der Waals surface area contributed by atoms with Crippen LogP contribution in [-0.4, -0.2) is 6.61 Å². The van der Waals surface area contributed by atoms with Crippen LogP contribution >= 0.6 is 0 Å². The van der Waals surface area contributed by atoms with Gasteiger partial charge in [-0.15, -0.1) is 6.58 Å². The molecule has 0 aliphatic heterocycles. The molecule has 0 heterocycles. The molecule has 0 radical (unpaired) electrons. The Morgan fingerprint density at radius 3 is 2.18 bits per heavy atom. The van der Waals surface area contributed by atoms with Gasteiger partial charge >= 0.3 is 0 Å². The maximum absolute atomic E-state index is 5.51. The summed E-state index contributed by atoms with van der Waals surface area (Å²) in [6, 6.07) is 18.0. The Morgan fingerprint density at radius 2 is 1.57 bits per heavy atom. The van der Waals surface area contributed by atoms with Gasteiger partial charge in [0.25, 0.3) is 0 Å². The van der Waals surface area contributed by atoms with Crippen molar-refractivity contribution in [2.45, 2.75) is 58.0 Å². The van der Waals surface area contributed by atoms with Crippen LogP contribution in [0.5, 0.6) is 0 Å². The lowest BCUT2D eigenvalue weighted by Crippen LogP contribution is -2.13. The highest BCUT2D eigenvalue weighted by molar-refractivity contribution is 5.64. The van der Waals surface area contributed by atoms with Gasteiger partial charge in [-0.2, -0.15) is 0 Å². The second kappa shape index (κ2) is 11.0. The summed E-state index contributed by atoms with van der Waals surface area (Å²) in [4.78, 5) is 0. The molecule has 1 aliphatic rings. The van der Waals surface area contributed by atoms with E-state index in [0.29, 0.717) is 13.2 Å². The normalized spacial score (nSPS) is 19.8. The van der Waals surface area contributed by atoms with Crippen LogP contribution in [0.3, 0.4) is 0 Å². The van der Waals surface area contributed by atoms with E-state index >= 15 is 0 Å². The average Bonchev–Trinajstić information content (AvgIpc) is 2.75. The molecule has 0 amide bonds. The number of allylic oxidation sites excluding steroid dienone is 2. The van der Waals surface area contributed by atoms with Crippen LogP contribution in [0.4, 0.5) is 0 Å². The summed E-state index contributed by atoms with van der Waals surface area (Å²) in [6.07, 6.45) is 14.4. The first-order chi connectivity index (χ1) is 13.8. The fourth-order valence-electron chi connectivity index (χ4n) is 4.28. The SMILES string of the molecule is C=CCOCc1ccc(-c2ccc([C@H]3CC[C@H](CC/C=C/C)CC3)cc2)cc1. The summed E-state index contributed by atoms with van der Waals surface area (Å²) in [5, 5.41) is 0. The monoisotopic (exact) mass is 374 g/mol. The molecule has 0 spiro atoms. The van der Waals surface area contributed by atoms with Crippen molar-refractivity contribution in [3.05, 3.63) is 84.5 Å². The lowest BCUT2D eigenvalue weighted by atomic mass is 9.77. The summed E-state index contributed by atoms with van der Waals surface area (Å²) in [5.41, 5.74) is 5.28. The summed E-state index contributed by atoms with van der Waals surface area (Å²) < 4.78 is 5.51. The van der Waals surface area contributed by atoms with Gasteiger partial charge in [-0.05, 0) is 79.5 Å². The molecule has 0 atom stereocenters. The van der Waals surface area contributed by atoms with Crippen molar-refractivity contribution in [1.29, 1.82) is 0 Å². The van der Waals surface area contributed by atoms with E-state index in [-0.39, 0.29) is 0 Å². The number of benzene rings is 2. The smallest absolute Gasteiger partial charge is 0.0721 e. The lowest BCUT2D eigenvalue weighted by Gasteiger charge is -2.28. The molecule has 1 heteroatoms. The number of ether oxygens (including phenoxy) is 1. The van der Waals surface area contributed by atoms with E-state index in [1.54, 1.807) is 6.08 Å². The van der Waals surface area contributed by atoms with Crippen molar-refractivity contribution in [2.24, 2.45) is 5.92 Å². The molecule has 2 aromatic rings. The third kappa shape index (κ3) is 5.94. The fraction of sp³-hybridized carbons (Fsp3) is 0.407. The second-order valence-corrected chi connectivity index (χ2v) is 7.99. The van der Waals surface area contributed by atoms with E-state index in [2.05, 4.69) is 74.2 Å². The van der Waals surface area contributed by atoms with Crippen LogP contribution in [0.2, 0.25) is 0 Å². The Labute approximate surface area is 171 Å². The number of hydrogen-bond donors (Lipinski definition) is 0. The van der Waals surface area contributed by atoms with E-state index in [9.17, 15) is 0 Å². The molecule has 28 heavy (non-hydrogen) atoms. The number of hydrogen-bond acceptors (Lipinski definition) is 1. The second-order valence-electron chi connectivity index (χ2n) is 7.99. The minimum absolute atomic E-state index is 0.598. The van der Waals surface area contributed by atoms with E-state index < -0.39 is 0 Å². The van der Waals surface area contributed by atoms with E-state index in [4.69, 9.17) is 4.74 Å². The first kappa shape index (κ1) is 20.6. The number of rotatable bonds is 9. The van der Waals surface area contributed by atoms with E-state index in [0.717, 1.165) is 11.8 Å². The van der Waals surface area contributed by atoms with Gasteiger partial charge in [0, 0.05) is 0 Å². The first-order valence-electron chi connectivity index (χ1n) is 10.8.